The fourth-order valence-electron chi connectivity index (χ4n) is 1.76. The van der Waals surface area contributed by atoms with Crippen molar-refractivity contribution in [1.82, 2.24) is 9.78 Å². The molecule has 94 valence electrons. The van der Waals surface area contributed by atoms with Crippen molar-refractivity contribution < 1.29 is 4.79 Å². The van der Waals surface area contributed by atoms with Gasteiger partial charge in [-0.3, -0.25) is 9.48 Å². The second-order valence-corrected chi connectivity index (χ2v) is 4.26. The third-order valence-corrected chi connectivity index (χ3v) is 2.81. The Labute approximate surface area is 106 Å². The van der Waals surface area contributed by atoms with Crippen LogP contribution >= 0.6 is 0 Å². The van der Waals surface area contributed by atoms with Gasteiger partial charge in [0.2, 0.25) is 5.91 Å². The molecule has 0 spiro atoms. The smallest absolute Gasteiger partial charge is 0.248 e. The summed E-state index contributed by atoms with van der Waals surface area (Å²) in [6.07, 6.45) is 3.68. The van der Waals surface area contributed by atoms with Crippen LogP contribution in [0.4, 0.5) is 5.69 Å². The molecule has 0 unspecified atom stereocenters. The third kappa shape index (κ3) is 2.68. The van der Waals surface area contributed by atoms with Crippen molar-refractivity contribution in [2.24, 2.45) is 12.8 Å². The van der Waals surface area contributed by atoms with E-state index in [0.29, 0.717) is 12.1 Å². The molecule has 2 rings (SSSR count). The first-order valence-corrected chi connectivity index (χ1v) is 5.68. The lowest BCUT2D eigenvalue weighted by Gasteiger charge is -2.08. The number of nitrogens with one attached hydrogen (secondary N) is 1. The van der Waals surface area contributed by atoms with Crippen LogP contribution in [-0.4, -0.2) is 15.7 Å². The van der Waals surface area contributed by atoms with Crippen molar-refractivity contribution in [3.63, 3.8) is 0 Å². The highest BCUT2D eigenvalue weighted by Crippen LogP contribution is 2.13. The van der Waals surface area contributed by atoms with E-state index in [1.54, 1.807) is 16.9 Å². The highest BCUT2D eigenvalue weighted by molar-refractivity contribution is 5.93. The fourth-order valence-corrected chi connectivity index (χ4v) is 1.76. The van der Waals surface area contributed by atoms with Crippen molar-refractivity contribution in [2.45, 2.75) is 13.5 Å². The Balaban J connectivity index is 2.08. The van der Waals surface area contributed by atoms with Gasteiger partial charge in [0, 0.05) is 25.4 Å². The zero-order valence-electron chi connectivity index (χ0n) is 10.5. The van der Waals surface area contributed by atoms with Crippen LogP contribution in [0.2, 0.25) is 0 Å². The van der Waals surface area contributed by atoms with Crippen LogP contribution in [0, 0.1) is 6.92 Å². The maximum atomic E-state index is 11.0. The predicted molar refractivity (Wildman–Crippen MR) is 70.2 cm³/mol. The van der Waals surface area contributed by atoms with Crippen LogP contribution in [0.5, 0.6) is 0 Å². The number of rotatable bonds is 4. The molecule has 0 radical (unpaired) electrons. The molecule has 0 aliphatic carbocycles. The van der Waals surface area contributed by atoms with E-state index in [9.17, 15) is 4.79 Å². The van der Waals surface area contributed by atoms with E-state index in [4.69, 9.17) is 5.73 Å². The van der Waals surface area contributed by atoms with Crippen molar-refractivity contribution in [1.29, 1.82) is 0 Å². The van der Waals surface area contributed by atoms with Gasteiger partial charge in [0.25, 0.3) is 0 Å². The van der Waals surface area contributed by atoms with E-state index in [1.165, 1.54) is 0 Å². The molecule has 0 atom stereocenters. The van der Waals surface area contributed by atoms with Crippen LogP contribution in [0.1, 0.15) is 21.5 Å². The number of carbonyl (C=O) groups is 1. The standard InChI is InChI=1S/C13H16N4O/c1-9-5-10(13(14)18)3-4-11(9)6-15-12-7-16-17(2)8-12/h3-5,7-8,15H,6H2,1-2H3,(H2,14,18). The minimum absolute atomic E-state index is 0.398. The molecular weight excluding hydrogens is 228 g/mol. The van der Waals surface area contributed by atoms with Gasteiger partial charge in [0.15, 0.2) is 0 Å². The number of hydrogen-bond donors (Lipinski definition) is 2. The van der Waals surface area contributed by atoms with Gasteiger partial charge in [-0.15, -0.1) is 0 Å². The largest absolute Gasteiger partial charge is 0.378 e. The van der Waals surface area contributed by atoms with Gasteiger partial charge < -0.3 is 11.1 Å². The van der Waals surface area contributed by atoms with Gasteiger partial charge >= 0.3 is 0 Å². The molecule has 1 aromatic carbocycles. The highest BCUT2D eigenvalue weighted by atomic mass is 16.1. The molecule has 2 aromatic rings. The van der Waals surface area contributed by atoms with E-state index in [-0.39, 0.29) is 0 Å². The summed E-state index contributed by atoms with van der Waals surface area (Å²) in [5.74, 6) is -0.398. The maximum absolute atomic E-state index is 11.0. The Kier molecular flexibility index (Phi) is 3.32. The number of carbonyl (C=O) groups excluding carboxylic acids is 1. The Morgan fingerprint density at radius 2 is 2.28 bits per heavy atom. The van der Waals surface area contributed by atoms with Crippen molar-refractivity contribution in [2.75, 3.05) is 5.32 Å². The van der Waals surface area contributed by atoms with Gasteiger partial charge in [-0.2, -0.15) is 5.10 Å². The minimum Gasteiger partial charge on any atom is -0.378 e. The molecule has 0 bridgehead atoms. The number of aryl methyl sites for hydroxylation is 2. The number of nitrogens with zero attached hydrogens (tertiary/aromatic N) is 2. The number of anilines is 1. The zero-order chi connectivity index (χ0) is 13.1. The lowest BCUT2D eigenvalue weighted by Crippen LogP contribution is -2.11. The topological polar surface area (TPSA) is 72.9 Å². The Bertz CT molecular complexity index is 574. The van der Waals surface area contributed by atoms with Crippen LogP contribution in [-0.2, 0) is 13.6 Å². The summed E-state index contributed by atoms with van der Waals surface area (Å²) in [5, 5.41) is 7.35. The minimum atomic E-state index is -0.398. The molecule has 1 aromatic heterocycles. The molecule has 5 nitrogen and oxygen atoms in total. The number of primary amides is 1. The molecule has 1 amide bonds. The Morgan fingerprint density at radius 3 is 2.83 bits per heavy atom. The van der Waals surface area contributed by atoms with Crippen molar-refractivity contribution in [3.8, 4) is 0 Å². The normalized spacial score (nSPS) is 10.3. The second kappa shape index (κ2) is 4.91. The van der Waals surface area contributed by atoms with Crippen LogP contribution in [0.25, 0.3) is 0 Å². The number of hydrogen-bond acceptors (Lipinski definition) is 3. The monoisotopic (exact) mass is 244 g/mol. The summed E-state index contributed by atoms with van der Waals surface area (Å²) in [6.45, 7) is 2.66. The first kappa shape index (κ1) is 12.2. The predicted octanol–water partition coefficient (Wildman–Crippen LogP) is 1.44. The van der Waals surface area contributed by atoms with Crippen LogP contribution in [0.3, 0.4) is 0 Å². The van der Waals surface area contributed by atoms with Gasteiger partial charge in [0.1, 0.15) is 0 Å². The molecule has 1 heterocycles. The van der Waals surface area contributed by atoms with Gasteiger partial charge in [-0.05, 0) is 30.2 Å². The molecule has 18 heavy (non-hydrogen) atoms. The van der Waals surface area contributed by atoms with Gasteiger partial charge in [-0.25, -0.2) is 0 Å². The highest BCUT2D eigenvalue weighted by Gasteiger charge is 2.04. The number of nitrogens with two attached hydrogens (primary N) is 1. The molecule has 0 saturated carbocycles. The quantitative estimate of drug-likeness (QED) is 0.854. The lowest BCUT2D eigenvalue weighted by atomic mass is 10.0. The van der Waals surface area contributed by atoms with E-state index in [1.807, 2.05) is 32.3 Å². The summed E-state index contributed by atoms with van der Waals surface area (Å²) < 4.78 is 1.74. The number of aromatic nitrogens is 2. The SMILES string of the molecule is Cc1cc(C(N)=O)ccc1CNc1cnn(C)c1. The first-order chi connectivity index (χ1) is 8.56. The lowest BCUT2D eigenvalue weighted by molar-refractivity contribution is 0.1000. The molecule has 3 N–H and O–H groups in total. The number of benzene rings is 1. The van der Waals surface area contributed by atoms with Gasteiger partial charge in [-0.1, -0.05) is 6.07 Å². The molecule has 5 heteroatoms. The zero-order valence-corrected chi connectivity index (χ0v) is 10.5. The summed E-state index contributed by atoms with van der Waals surface area (Å²) >= 11 is 0. The molecule has 0 aliphatic rings. The van der Waals surface area contributed by atoms with Crippen molar-refractivity contribution >= 4 is 11.6 Å². The summed E-state index contributed by atoms with van der Waals surface area (Å²) in [5.41, 5.74) is 8.92. The summed E-state index contributed by atoms with van der Waals surface area (Å²) in [4.78, 5) is 11.0. The molecule has 0 saturated heterocycles. The second-order valence-electron chi connectivity index (χ2n) is 4.26. The number of amides is 1. The summed E-state index contributed by atoms with van der Waals surface area (Å²) in [6, 6.07) is 5.47. The van der Waals surface area contributed by atoms with E-state index in [0.717, 1.165) is 16.8 Å². The average molecular weight is 244 g/mol. The first-order valence-electron chi connectivity index (χ1n) is 5.68. The Hall–Kier alpha value is -2.30. The third-order valence-electron chi connectivity index (χ3n) is 2.81. The molecule has 0 fully saturated rings. The van der Waals surface area contributed by atoms with E-state index in [2.05, 4.69) is 10.4 Å². The van der Waals surface area contributed by atoms with E-state index >= 15 is 0 Å². The molecule has 0 aliphatic heterocycles. The Morgan fingerprint density at radius 1 is 1.50 bits per heavy atom. The van der Waals surface area contributed by atoms with E-state index < -0.39 is 5.91 Å². The fraction of sp³-hybridized carbons (Fsp3) is 0.231. The summed E-state index contributed by atoms with van der Waals surface area (Å²) in [7, 11) is 1.87. The van der Waals surface area contributed by atoms with Crippen LogP contribution in [0.15, 0.2) is 30.6 Å². The van der Waals surface area contributed by atoms with Crippen molar-refractivity contribution in [3.05, 3.63) is 47.3 Å². The maximum Gasteiger partial charge on any atom is 0.248 e. The molecular formula is C13H16N4O. The van der Waals surface area contributed by atoms with Gasteiger partial charge in [0.05, 0.1) is 11.9 Å². The van der Waals surface area contributed by atoms with Crippen LogP contribution < -0.4 is 11.1 Å². The average Bonchev–Trinajstić information content (AvgIpc) is 2.73.